The van der Waals surface area contributed by atoms with Crippen molar-refractivity contribution >= 4 is 8.07 Å². The first-order valence-corrected chi connectivity index (χ1v) is 9.95. The maximum Gasteiger partial charge on any atom is 0.192 e. The molecule has 2 heterocycles. The van der Waals surface area contributed by atoms with Crippen molar-refractivity contribution in [2.45, 2.75) is 63.4 Å². The highest BCUT2D eigenvalue weighted by Gasteiger charge is 2.61. The van der Waals surface area contributed by atoms with E-state index in [1.165, 1.54) is 0 Å². The molecule has 0 bridgehead atoms. The van der Waals surface area contributed by atoms with Crippen LogP contribution in [-0.4, -0.2) is 54.8 Å². The lowest BCUT2D eigenvalue weighted by molar-refractivity contribution is -0.232. The zero-order valence-corrected chi connectivity index (χ0v) is 13.1. The Labute approximate surface area is 114 Å². The van der Waals surface area contributed by atoms with E-state index in [-0.39, 0.29) is 6.61 Å². The molecular formula is C13H22O5Si. The molecule has 2 rings (SSSR count). The Morgan fingerprint density at radius 3 is 2.26 bits per heavy atom. The van der Waals surface area contributed by atoms with Crippen LogP contribution in [0.3, 0.4) is 0 Å². The van der Waals surface area contributed by atoms with E-state index < -0.39 is 38.0 Å². The van der Waals surface area contributed by atoms with Gasteiger partial charge in [0.2, 0.25) is 0 Å². The number of hydrogen-bond donors (Lipinski definition) is 2. The molecule has 2 saturated heterocycles. The molecule has 19 heavy (non-hydrogen) atoms. The lowest BCUT2D eigenvalue weighted by atomic mass is 9.97. The van der Waals surface area contributed by atoms with Crippen LogP contribution < -0.4 is 0 Å². The van der Waals surface area contributed by atoms with Gasteiger partial charge in [0.15, 0.2) is 17.7 Å². The molecule has 0 spiro atoms. The number of aliphatic hydroxyl groups is 2. The Kier molecular flexibility index (Phi) is 3.59. The molecule has 0 radical (unpaired) electrons. The highest BCUT2D eigenvalue weighted by Crippen LogP contribution is 2.41. The van der Waals surface area contributed by atoms with Gasteiger partial charge in [-0.15, -0.1) is 5.54 Å². The summed E-state index contributed by atoms with van der Waals surface area (Å²) in [4.78, 5) is 0. The third-order valence-corrected chi connectivity index (χ3v) is 3.96. The van der Waals surface area contributed by atoms with Crippen LogP contribution in [0.25, 0.3) is 0 Å². The summed E-state index contributed by atoms with van der Waals surface area (Å²) in [5.41, 5.74) is 1.83. The number of rotatable bonds is 1. The average Bonchev–Trinajstić information content (AvgIpc) is 2.68. The van der Waals surface area contributed by atoms with Gasteiger partial charge >= 0.3 is 0 Å². The molecule has 0 aromatic rings. The smallest absolute Gasteiger partial charge is 0.192 e. The van der Waals surface area contributed by atoms with E-state index in [1.807, 2.05) is 0 Å². The first-order chi connectivity index (χ1) is 8.59. The summed E-state index contributed by atoms with van der Waals surface area (Å²) in [6, 6.07) is 0. The number of fused-ring (bicyclic) bond motifs is 1. The van der Waals surface area contributed by atoms with E-state index in [0.717, 1.165) is 0 Å². The van der Waals surface area contributed by atoms with Crippen molar-refractivity contribution < 1.29 is 24.4 Å². The third-order valence-electron chi connectivity index (χ3n) is 3.09. The molecule has 0 unspecified atom stereocenters. The zero-order valence-electron chi connectivity index (χ0n) is 12.1. The summed E-state index contributed by atoms with van der Waals surface area (Å²) in [5.74, 6) is 2.13. The summed E-state index contributed by atoms with van der Waals surface area (Å²) < 4.78 is 16.8. The fraction of sp³-hybridized carbons (Fsp3) is 0.846. The largest absolute Gasteiger partial charge is 0.392 e. The molecule has 5 nitrogen and oxygen atoms in total. The Bertz CT molecular complexity index is 419. The molecule has 2 aliphatic rings. The summed E-state index contributed by atoms with van der Waals surface area (Å²) in [5, 5.41) is 19.9. The maximum absolute atomic E-state index is 10.4. The number of aliphatic hydroxyl groups excluding tert-OH is 2. The first-order valence-electron chi connectivity index (χ1n) is 6.45. The van der Waals surface area contributed by atoms with Gasteiger partial charge < -0.3 is 24.4 Å². The van der Waals surface area contributed by atoms with Crippen molar-refractivity contribution in [1.82, 2.24) is 0 Å². The second kappa shape index (κ2) is 4.55. The summed E-state index contributed by atoms with van der Waals surface area (Å²) in [7, 11) is -1.63. The van der Waals surface area contributed by atoms with E-state index in [4.69, 9.17) is 14.2 Å². The van der Waals surface area contributed by atoms with Crippen molar-refractivity contribution in [1.29, 1.82) is 0 Å². The predicted molar refractivity (Wildman–Crippen MR) is 71.9 cm³/mol. The average molecular weight is 286 g/mol. The molecule has 2 aliphatic heterocycles. The fourth-order valence-electron chi connectivity index (χ4n) is 2.17. The van der Waals surface area contributed by atoms with Crippen LogP contribution in [0, 0.1) is 11.5 Å². The molecule has 0 aliphatic carbocycles. The minimum absolute atomic E-state index is 0.383. The summed E-state index contributed by atoms with van der Waals surface area (Å²) in [6.07, 6.45) is -2.32. The van der Waals surface area contributed by atoms with Crippen LogP contribution in [0.5, 0.6) is 0 Å². The van der Waals surface area contributed by atoms with Gasteiger partial charge in [0.1, 0.15) is 20.3 Å². The topological polar surface area (TPSA) is 68.2 Å². The van der Waals surface area contributed by atoms with Gasteiger partial charge in [0.25, 0.3) is 0 Å². The van der Waals surface area contributed by atoms with E-state index in [2.05, 4.69) is 31.1 Å². The standard InChI is InChI=1S/C13H22O5Si/c1-12(2)16-9-10(15)13(8-14,18-11(9)17-12)6-7-19(3,4)5/h9-11,14-15H,8H2,1-5H3/t9-,10-,11+,13+/m1/s1. The zero-order chi connectivity index (χ0) is 14.5. The van der Waals surface area contributed by atoms with Gasteiger partial charge in [-0.2, -0.15) is 0 Å². The van der Waals surface area contributed by atoms with Crippen LogP contribution in [0.15, 0.2) is 0 Å². The van der Waals surface area contributed by atoms with Gasteiger partial charge in [-0.05, 0) is 13.8 Å². The Morgan fingerprint density at radius 1 is 1.16 bits per heavy atom. The number of ether oxygens (including phenoxy) is 3. The molecule has 108 valence electrons. The molecule has 0 amide bonds. The van der Waals surface area contributed by atoms with Crippen molar-refractivity contribution in [3.05, 3.63) is 0 Å². The summed E-state index contributed by atoms with van der Waals surface area (Å²) in [6.45, 7) is 9.40. The second-order valence-corrected chi connectivity index (χ2v) is 11.3. The van der Waals surface area contributed by atoms with Crippen molar-refractivity contribution in [2.75, 3.05) is 6.61 Å². The highest BCUT2D eigenvalue weighted by atomic mass is 28.3. The maximum atomic E-state index is 10.4. The number of hydrogen-bond acceptors (Lipinski definition) is 5. The molecular weight excluding hydrogens is 264 g/mol. The molecule has 0 aromatic carbocycles. The van der Waals surface area contributed by atoms with Crippen LogP contribution in [-0.2, 0) is 14.2 Å². The van der Waals surface area contributed by atoms with E-state index in [1.54, 1.807) is 13.8 Å². The molecule has 2 N–H and O–H groups in total. The van der Waals surface area contributed by atoms with Crippen LogP contribution in [0.1, 0.15) is 13.8 Å². The molecule has 6 heteroatoms. The Morgan fingerprint density at radius 2 is 1.79 bits per heavy atom. The summed E-state index contributed by atoms with van der Waals surface area (Å²) >= 11 is 0. The Balaban J connectivity index is 2.24. The fourth-order valence-corrected chi connectivity index (χ4v) is 2.76. The van der Waals surface area contributed by atoms with Gasteiger partial charge in [-0.25, -0.2) is 0 Å². The second-order valence-electron chi connectivity index (χ2n) is 6.58. The Hall–Kier alpha value is -0.423. The lowest BCUT2D eigenvalue weighted by Gasteiger charge is -2.28. The molecule has 2 fully saturated rings. The van der Waals surface area contributed by atoms with Crippen molar-refractivity contribution in [2.24, 2.45) is 0 Å². The normalized spacial score (nSPS) is 40.7. The van der Waals surface area contributed by atoms with Crippen molar-refractivity contribution in [3.8, 4) is 11.5 Å². The van der Waals surface area contributed by atoms with Crippen LogP contribution in [0.2, 0.25) is 19.6 Å². The molecule has 4 atom stereocenters. The predicted octanol–water partition coefficient (Wildman–Crippen LogP) is 0.467. The van der Waals surface area contributed by atoms with Gasteiger partial charge in [0, 0.05) is 0 Å². The third kappa shape index (κ3) is 2.87. The highest BCUT2D eigenvalue weighted by molar-refractivity contribution is 6.83. The van der Waals surface area contributed by atoms with Crippen LogP contribution in [0.4, 0.5) is 0 Å². The SMILES string of the molecule is CC1(C)O[C@H]2O[C@@](C#C[Si](C)(C)C)(CO)[C@H](O)[C@H]2O1. The quantitative estimate of drug-likeness (QED) is 0.542. The minimum Gasteiger partial charge on any atom is -0.392 e. The monoisotopic (exact) mass is 286 g/mol. The van der Waals surface area contributed by atoms with Gasteiger partial charge in [-0.3, -0.25) is 0 Å². The minimum atomic E-state index is -1.63. The molecule has 0 saturated carbocycles. The van der Waals surface area contributed by atoms with E-state index >= 15 is 0 Å². The van der Waals surface area contributed by atoms with E-state index in [0.29, 0.717) is 0 Å². The van der Waals surface area contributed by atoms with Crippen molar-refractivity contribution in [3.63, 3.8) is 0 Å². The first kappa shape index (κ1) is 15.0. The van der Waals surface area contributed by atoms with Crippen LogP contribution >= 0.6 is 0 Å². The van der Waals surface area contributed by atoms with Gasteiger partial charge in [0.05, 0.1) is 6.61 Å². The molecule has 0 aromatic heterocycles. The van der Waals surface area contributed by atoms with Gasteiger partial charge in [-0.1, -0.05) is 25.6 Å². The lowest BCUT2D eigenvalue weighted by Crippen LogP contribution is -2.47. The van der Waals surface area contributed by atoms with E-state index in [9.17, 15) is 10.2 Å².